The molecule has 17 heavy (non-hydrogen) atoms. The Bertz CT molecular complexity index is 362. The van der Waals surface area contributed by atoms with Crippen LogP contribution in [0.1, 0.15) is 13.3 Å². The van der Waals surface area contributed by atoms with E-state index in [4.69, 9.17) is 10.5 Å². The minimum Gasteiger partial charge on any atom is -0.443 e. The maximum absolute atomic E-state index is 11.4. The summed E-state index contributed by atoms with van der Waals surface area (Å²) in [6.45, 7) is 2.34. The van der Waals surface area contributed by atoms with Gasteiger partial charge in [0.2, 0.25) is 10.0 Å². The minimum atomic E-state index is -3.37. The van der Waals surface area contributed by atoms with E-state index < -0.39 is 28.4 Å². The first kappa shape index (κ1) is 16.6. The van der Waals surface area contributed by atoms with Crippen LogP contribution >= 0.6 is 12.4 Å². The summed E-state index contributed by atoms with van der Waals surface area (Å²) in [5, 5.41) is 2.86. The number of ether oxygens (including phenoxy) is 1. The monoisotopic (exact) mass is 287 g/mol. The Kier molecular flexibility index (Phi) is 6.35. The number of hydrogen-bond acceptors (Lipinski definition) is 6. The van der Waals surface area contributed by atoms with E-state index in [0.29, 0.717) is 6.54 Å². The SMILES string of the molecule is CCC(=O)OC1NCCN(S(C)(=O)=O)[C@H]1N.Cl. The Labute approximate surface area is 107 Å². The summed E-state index contributed by atoms with van der Waals surface area (Å²) in [7, 11) is -3.37. The number of nitrogens with zero attached hydrogens (tertiary/aromatic N) is 1. The zero-order valence-corrected chi connectivity index (χ0v) is 11.4. The van der Waals surface area contributed by atoms with E-state index in [1.54, 1.807) is 6.92 Å². The van der Waals surface area contributed by atoms with Gasteiger partial charge in [-0.2, -0.15) is 4.31 Å². The van der Waals surface area contributed by atoms with Crippen LogP contribution in [0.5, 0.6) is 0 Å². The van der Waals surface area contributed by atoms with Crippen LogP contribution < -0.4 is 11.1 Å². The molecule has 0 radical (unpaired) electrons. The summed E-state index contributed by atoms with van der Waals surface area (Å²) in [6, 6.07) is 0. The van der Waals surface area contributed by atoms with Gasteiger partial charge in [-0.1, -0.05) is 6.92 Å². The van der Waals surface area contributed by atoms with E-state index in [-0.39, 0.29) is 25.4 Å². The fourth-order valence-corrected chi connectivity index (χ4v) is 2.44. The lowest BCUT2D eigenvalue weighted by Crippen LogP contribution is -2.64. The highest BCUT2D eigenvalue weighted by atomic mass is 35.5. The summed E-state index contributed by atoms with van der Waals surface area (Å²) < 4.78 is 28.9. The first-order valence-electron chi connectivity index (χ1n) is 5.01. The van der Waals surface area contributed by atoms with Gasteiger partial charge in [-0.15, -0.1) is 12.4 Å². The Hall–Kier alpha value is -0.410. The highest BCUT2D eigenvalue weighted by Crippen LogP contribution is 2.10. The predicted octanol–water partition coefficient (Wildman–Crippen LogP) is -1.16. The summed E-state index contributed by atoms with van der Waals surface area (Å²) >= 11 is 0. The van der Waals surface area contributed by atoms with E-state index in [2.05, 4.69) is 5.32 Å². The molecule has 102 valence electrons. The molecule has 7 nitrogen and oxygen atoms in total. The van der Waals surface area contributed by atoms with E-state index in [1.165, 1.54) is 0 Å². The summed E-state index contributed by atoms with van der Waals surface area (Å²) in [5.74, 6) is -0.414. The second kappa shape index (κ2) is 6.50. The van der Waals surface area contributed by atoms with Crippen molar-refractivity contribution in [2.45, 2.75) is 25.7 Å². The van der Waals surface area contributed by atoms with Crippen molar-refractivity contribution in [1.82, 2.24) is 9.62 Å². The van der Waals surface area contributed by atoms with Crippen LogP contribution in [0.25, 0.3) is 0 Å². The van der Waals surface area contributed by atoms with Crippen LogP contribution in [0.3, 0.4) is 0 Å². The lowest BCUT2D eigenvalue weighted by molar-refractivity contribution is -0.154. The molecule has 1 saturated heterocycles. The van der Waals surface area contributed by atoms with Gasteiger partial charge in [-0.25, -0.2) is 8.42 Å². The molecule has 2 atom stereocenters. The number of rotatable bonds is 3. The van der Waals surface area contributed by atoms with Crippen LogP contribution in [0.15, 0.2) is 0 Å². The predicted molar refractivity (Wildman–Crippen MR) is 64.9 cm³/mol. The Morgan fingerprint density at radius 1 is 1.59 bits per heavy atom. The van der Waals surface area contributed by atoms with Gasteiger partial charge < -0.3 is 10.5 Å². The first-order valence-corrected chi connectivity index (χ1v) is 6.86. The van der Waals surface area contributed by atoms with Crippen LogP contribution in [-0.2, 0) is 19.6 Å². The highest BCUT2D eigenvalue weighted by molar-refractivity contribution is 7.88. The normalized spacial score (nSPS) is 26.1. The number of sulfonamides is 1. The van der Waals surface area contributed by atoms with Crippen molar-refractivity contribution in [1.29, 1.82) is 0 Å². The van der Waals surface area contributed by atoms with Crippen LogP contribution in [0.2, 0.25) is 0 Å². The third-order valence-electron chi connectivity index (χ3n) is 2.29. The van der Waals surface area contributed by atoms with Gasteiger partial charge in [0, 0.05) is 19.5 Å². The quantitative estimate of drug-likeness (QED) is 0.635. The van der Waals surface area contributed by atoms with Gasteiger partial charge in [0.15, 0.2) is 6.23 Å². The molecule has 1 unspecified atom stereocenters. The van der Waals surface area contributed by atoms with Crippen molar-refractivity contribution in [2.75, 3.05) is 19.3 Å². The second-order valence-electron chi connectivity index (χ2n) is 3.58. The van der Waals surface area contributed by atoms with Gasteiger partial charge in [-0.3, -0.25) is 10.1 Å². The Morgan fingerprint density at radius 2 is 2.18 bits per heavy atom. The maximum atomic E-state index is 11.4. The smallest absolute Gasteiger partial charge is 0.307 e. The zero-order chi connectivity index (χ0) is 12.3. The molecule has 0 aromatic heterocycles. The summed E-state index contributed by atoms with van der Waals surface area (Å²) in [5.41, 5.74) is 5.72. The van der Waals surface area contributed by atoms with Crippen LogP contribution in [0, 0.1) is 0 Å². The van der Waals surface area contributed by atoms with E-state index in [9.17, 15) is 13.2 Å². The third kappa shape index (κ3) is 4.40. The Balaban J connectivity index is 0.00000256. The fourth-order valence-electron chi connectivity index (χ4n) is 1.46. The summed E-state index contributed by atoms with van der Waals surface area (Å²) in [6.07, 6.45) is -0.351. The molecule has 0 aromatic rings. The molecule has 3 N–H and O–H groups in total. The van der Waals surface area contributed by atoms with E-state index in [1.807, 2.05) is 0 Å². The van der Waals surface area contributed by atoms with Crippen LogP contribution in [-0.4, -0.2) is 50.4 Å². The van der Waals surface area contributed by atoms with Crippen molar-refractivity contribution in [2.24, 2.45) is 5.73 Å². The van der Waals surface area contributed by atoms with Crippen molar-refractivity contribution in [3.05, 3.63) is 0 Å². The molecule has 1 rings (SSSR count). The minimum absolute atomic E-state index is 0. The Morgan fingerprint density at radius 3 is 2.65 bits per heavy atom. The molecule has 1 aliphatic heterocycles. The third-order valence-corrected chi connectivity index (χ3v) is 3.57. The van der Waals surface area contributed by atoms with Gasteiger partial charge in [0.1, 0.15) is 6.17 Å². The lowest BCUT2D eigenvalue weighted by atomic mass is 10.3. The summed E-state index contributed by atoms with van der Waals surface area (Å²) in [4.78, 5) is 11.1. The molecule has 0 aliphatic carbocycles. The molecule has 9 heteroatoms. The molecule has 1 fully saturated rings. The molecular weight excluding hydrogens is 270 g/mol. The number of hydrogen-bond donors (Lipinski definition) is 2. The standard InChI is InChI=1S/C8H17N3O4S.ClH/c1-3-6(12)15-8-7(9)11(5-4-10-8)16(2,13)14;/h7-8,10H,3-5,9H2,1-2H3;1H/t7-,8?;/m1./s1. The second-order valence-corrected chi connectivity index (χ2v) is 5.52. The number of piperazine rings is 1. The van der Waals surface area contributed by atoms with Crippen molar-refractivity contribution in [3.8, 4) is 0 Å². The van der Waals surface area contributed by atoms with Crippen molar-refractivity contribution < 1.29 is 17.9 Å². The fraction of sp³-hybridized carbons (Fsp3) is 0.875. The maximum Gasteiger partial charge on any atom is 0.307 e. The molecule has 0 spiro atoms. The molecule has 0 saturated carbocycles. The number of carbonyl (C=O) groups excluding carboxylic acids is 1. The van der Waals surface area contributed by atoms with Crippen molar-refractivity contribution >= 4 is 28.4 Å². The van der Waals surface area contributed by atoms with Gasteiger partial charge in [0.05, 0.1) is 6.26 Å². The number of nitrogens with two attached hydrogens (primary N) is 1. The average Bonchev–Trinajstić information content (AvgIpc) is 2.19. The van der Waals surface area contributed by atoms with Gasteiger partial charge >= 0.3 is 5.97 Å². The van der Waals surface area contributed by atoms with Gasteiger partial charge in [-0.05, 0) is 0 Å². The average molecular weight is 288 g/mol. The molecule has 0 amide bonds. The molecule has 1 aliphatic rings. The van der Waals surface area contributed by atoms with Gasteiger partial charge in [0.25, 0.3) is 0 Å². The molecule has 0 bridgehead atoms. The van der Waals surface area contributed by atoms with E-state index in [0.717, 1.165) is 10.6 Å². The first-order chi connectivity index (χ1) is 7.36. The molecule has 1 heterocycles. The van der Waals surface area contributed by atoms with E-state index >= 15 is 0 Å². The largest absolute Gasteiger partial charge is 0.443 e. The zero-order valence-electron chi connectivity index (χ0n) is 9.75. The van der Waals surface area contributed by atoms with Crippen LogP contribution in [0.4, 0.5) is 0 Å². The lowest BCUT2D eigenvalue weighted by Gasteiger charge is -2.37. The number of carbonyl (C=O) groups is 1. The van der Waals surface area contributed by atoms with Crippen molar-refractivity contribution in [3.63, 3.8) is 0 Å². The number of esters is 1. The molecular formula is C8H18ClN3O4S. The highest BCUT2D eigenvalue weighted by Gasteiger charge is 2.35. The number of nitrogens with one attached hydrogen (secondary N) is 1. The molecule has 0 aromatic carbocycles. The number of halogens is 1. The topological polar surface area (TPSA) is 102 Å².